The topological polar surface area (TPSA) is 40.5 Å². The largest absolute Gasteiger partial charge is 0.478 e. The zero-order valence-corrected chi connectivity index (χ0v) is 13.1. The van der Waals surface area contributed by atoms with Crippen LogP contribution in [0.1, 0.15) is 43.5 Å². The van der Waals surface area contributed by atoms with Gasteiger partial charge in [-0.1, -0.05) is 19.4 Å². The van der Waals surface area contributed by atoms with E-state index in [-0.39, 0.29) is 0 Å². The lowest BCUT2D eigenvalue weighted by Gasteiger charge is -2.34. The first-order valence-electron chi connectivity index (χ1n) is 7.41. The van der Waals surface area contributed by atoms with Crippen LogP contribution in [0.15, 0.2) is 23.1 Å². The van der Waals surface area contributed by atoms with Gasteiger partial charge in [-0.15, -0.1) is 11.8 Å². The Morgan fingerprint density at radius 3 is 2.65 bits per heavy atom. The van der Waals surface area contributed by atoms with E-state index in [1.165, 1.54) is 19.3 Å². The molecule has 1 aromatic rings. The predicted octanol–water partition coefficient (Wildman–Crippen LogP) is 4.12. The van der Waals surface area contributed by atoms with Crippen LogP contribution in [0.2, 0.25) is 0 Å². The van der Waals surface area contributed by atoms with Gasteiger partial charge in [-0.3, -0.25) is 0 Å². The smallest absolute Gasteiger partial charge is 0.338 e. The third-order valence-electron chi connectivity index (χ3n) is 3.94. The van der Waals surface area contributed by atoms with Gasteiger partial charge in [-0.2, -0.15) is 0 Å². The van der Waals surface area contributed by atoms with Crippen LogP contribution in [0.5, 0.6) is 0 Å². The number of hydrogen-bond acceptors (Lipinski definition) is 3. The number of carboxylic acid groups (broad SMARTS) is 1. The monoisotopic (exact) mass is 293 g/mol. The van der Waals surface area contributed by atoms with Crippen molar-refractivity contribution in [1.29, 1.82) is 0 Å². The Hall–Kier alpha value is -1.16. The number of carbonyl (C=O) groups is 1. The van der Waals surface area contributed by atoms with Crippen molar-refractivity contribution in [3.8, 4) is 0 Å². The summed E-state index contributed by atoms with van der Waals surface area (Å²) >= 11 is 1.60. The zero-order valence-electron chi connectivity index (χ0n) is 12.3. The number of nitrogens with zero attached hydrogens (tertiary/aromatic N) is 1. The van der Waals surface area contributed by atoms with Gasteiger partial charge >= 0.3 is 5.97 Å². The predicted molar refractivity (Wildman–Crippen MR) is 85.0 cm³/mol. The summed E-state index contributed by atoms with van der Waals surface area (Å²) in [7, 11) is 0. The van der Waals surface area contributed by atoms with Crippen molar-refractivity contribution < 1.29 is 9.90 Å². The number of carboxylic acids is 1. The van der Waals surface area contributed by atoms with Crippen LogP contribution in [0.3, 0.4) is 0 Å². The van der Waals surface area contributed by atoms with E-state index in [0.29, 0.717) is 5.56 Å². The Morgan fingerprint density at radius 1 is 1.40 bits per heavy atom. The SMILES string of the molecule is CCSc1cccc(N(CC)CC2CCC2)c1C(=O)O. The number of rotatable bonds is 7. The lowest BCUT2D eigenvalue weighted by Crippen LogP contribution is -2.33. The lowest BCUT2D eigenvalue weighted by atomic mass is 9.85. The zero-order chi connectivity index (χ0) is 14.5. The Kier molecular flexibility index (Phi) is 5.35. The van der Waals surface area contributed by atoms with E-state index < -0.39 is 5.97 Å². The summed E-state index contributed by atoms with van der Waals surface area (Å²) in [6.07, 6.45) is 3.88. The fourth-order valence-corrected chi connectivity index (χ4v) is 3.48. The second-order valence-corrected chi connectivity index (χ2v) is 6.53. The highest BCUT2D eigenvalue weighted by molar-refractivity contribution is 7.99. The maximum absolute atomic E-state index is 11.7. The molecule has 110 valence electrons. The van der Waals surface area contributed by atoms with Gasteiger partial charge in [-0.05, 0) is 43.6 Å². The van der Waals surface area contributed by atoms with Gasteiger partial charge in [-0.25, -0.2) is 4.79 Å². The van der Waals surface area contributed by atoms with Crippen LogP contribution >= 0.6 is 11.8 Å². The molecule has 0 amide bonds. The molecule has 0 heterocycles. The number of aromatic carboxylic acids is 1. The molecule has 0 aliphatic heterocycles. The molecule has 0 saturated heterocycles. The highest BCUT2D eigenvalue weighted by Gasteiger charge is 2.24. The maximum Gasteiger partial charge on any atom is 0.338 e. The molecule has 1 aliphatic carbocycles. The molecule has 0 aromatic heterocycles. The molecule has 1 fully saturated rings. The maximum atomic E-state index is 11.7. The van der Waals surface area contributed by atoms with Gasteiger partial charge in [0.2, 0.25) is 0 Å². The third kappa shape index (κ3) is 3.29. The fraction of sp³-hybridized carbons (Fsp3) is 0.562. The van der Waals surface area contributed by atoms with Crippen molar-refractivity contribution in [3.63, 3.8) is 0 Å². The molecule has 0 atom stereocenters. The highest BCUT2D eigenvalue weighted by atomic mass is 32.2. The van der Waals surface area contributed by atoms with Crippen molar-refractivity contribution in [2.75, 3.05) is 23.7 Å². The van der Waals surface area contributed by atoms with E-state index in [2.05, 4.69) is 18.7 Å². The van der Waals surface area contributed by atoms with E-state index >= 15 is 0 Å². The Balaban J connectivity index is 2.31. The number of anilines is 1. The first kappa shape index (κ1) is 15.2. The second-order valence-electron chi connectivity index (χ2n) is 5.22. The van der Waals surface area contributed by atoms with Crippen LogP contribution < -0.4 is 4.90 Å². The van der Waals surface area contributed by atoms with Gasteiger partial charge in [0.25, 0.3) is 0 Å². The molecule has 1 saturated carbocycles. The summed E-state index contributed by atoms with van der Waals surface area (Å²) in [5.74, 6) is 0.807. The average Bonchev–Trinajstić information content (AvgIpc) is 2.37. The molecule has 1 aliphatic rings. The van der Waals surface area contributed by atoms with Gasteiger partial charge in [0.05, 0.1) is 11.3 Å². The normalized spacial score (nSPS) is 14.9. The van der Waals surface area contributed by atoms with Gasteiger partial charge in [0.1, 0.15) is 0 Å². The molecule has 3 nitrogen and oxygen atoms in total. The molecule has 1 N–H and O–H groups in total. The van der Waals surface area contributed by atoms with Crippen molar-refractivity contribution in [3.05, 3.63) is 23.8 Å². The molecule has 20 heavy (non-hydrogen) atoms. The van der Waals surface area contributed by atoms with E-state index in [4.69, 9.17) is 0 Å². The van der Waals surface area contributed by atoms with Crippen LogP contribution in [0, 0.1) is 5.92 Å². The van der Waals surface area contributed by atoms with Crippen LogP contribution in [0.4, 0.5) is 5.69 Å². The van der Waals surface area contributed by atoms with Gasteiger partial charge in [0, 0.05) is 18.0 Å². The average molecular weight is 293 g/mol. The van der Waals surface area contributed by atoms with Crippen molar-refractivity contribution in [2.24, 2.45) is 5.92 Å². The Morgan fingerprint density at radius 2 is 2.15 bits per heavy atom. The molecule has 0 radical (unpaired) electrons. The fourth-order valence-electron chi connectivity index (χ4n) is 2.66. The molecule has 0 spiro atoms. The summed E-state index contributed by atoms with van der Waals surface area (Å²) in [6, 6.07) is 5.84. The van der Waals surface area contributed by atoms with E-state index in [0.717, 1.165) is 35.3 Å². The Bertz CT molecular complexity index is 472. The van der Waals surface area contributed by atoms with Crippen molar-refractivity contribution in [1.82, 2.24) is 0 Å². The van der Waals surface area contributed by atoms with Crippen LogP contribution in [-0.4, -0.2) is 29.9 Å². The summed E-state index contributed by atoms with van der Waals surface area (Å²) in [6.45, 7) is 5.99. The summed E-state index contributed by atoms with van der Waals surface area (Å²) in [4.78, 5) is 14.8. The summed E-state index contributed by atoms with van der Waals surface area (Å²) in [5, 5.41) is 9.58. The minimum atomic E-state index is -0.816. The van der Waals surface area contributed by atoms with Crippen LogP contribution in [0.25, 0.3) is 0 Å². The number of hydrogen-bond donors (Lipinski definition) is 1. The molecule has 0 unspecified atom stereocenters. The quantitative estimate of drug-likeness (QED) is 0.768. The Labute approximate surface area is 125 Å². The first-order valence-corrected chi connectivity index (χ1v) is 8.40. The molecular weight excluding hydrogens is 270 g/mol. The molecule has 2 rings (SSSR count). The minimum Gasteiger partial charge on any atom is -0.478 e. The van der Waals surface area contributed by atoms with Gasteiger partial charge in [0.15, 0.2) is 0 Å². The highest BCUT2D eigenvalue weighted by Crippen LogP contribution is 2.34. The van der Waals surface area contributed by atoms with Crippen molar-refractivity contribution >= 4 is 23.4 Å². The van der Waals surface area contributed by atoms with E-state index in [1.54, 1.807) is 11.8 Å². The summed E-state index contributed by atoms with van der Waals surface area (Å²) in [5.41, 5.74) is 1.35. The number of thioether (sulfide) groups is 1. The van der Waals surface area contributed by atoms with Crippen molar-refractivity contribution in [2.45, 2.75) is 38.0 Å². The van der Waals surface area contributed by atoms with Crippen LogP contribution in [-0.2, 0) is 0 Å². The molecular formula is C16H23NO2S. The third-order valence-corrected chi connectivity index (χ3v) is 4.88. The molecule has 4 heteroatoms. The minimum absolute atomic E-state index is 0.473. The summed E-state index contributed by atoms with van der Waals surface area (Å²) < 4.78 is 0. The lowest BCUT2D eigenvalue weighted by molar-refractivity contribution is 0.0693. The first-order chi connectivity index (χ1) is 9.67. The molecule has 0 bridgehead atoms. The van der Waals surface area contributed by atoms with E-state index in [9.17, 15) is 9.90 Å². The second kappa shape index (κ2) is 7.02. The van der Waals surface area contributed by atoms with E-state index in [1.807, 2.05) is 18.2 Å². The standard InChI is InChI=1S/C16H23NO2S/c1-3-17(11-12-7-5-8-12)13-9-6-10-14(20-4-2)15(13)16(18)19/h6,9-10,12H,3-5,7-8,11H2,1-2H3,(H,18,19). The number of benzene rings is 1. The van der Waals surface area contributed by atoms with Gasteiger partial charge < -0.3 is 10.0 Å². The molecule has 1 aromatic carbocycles.